The monoisotopic (exact) mass is 233 g/mol. The van der Waals surface area contributed by atoms with Gasteiger partial charge < -0.3 is 10.5 Å². The highest BCUT2D eigenvalue weighted by Crippen LogP contribution is 2.36. The molecule has 2 nitrogen and oxygen atoms in total. The van der Waals surface area contributed by atoms with Crippen molar-refractivity contribution in [2.75, 3.05) is 0 Å². The Balaban J connectivity index is 2.96. The van der Waals surface area contributed by atoms with Crippen molar-refractivity contribution >= 4 is 0 Å². The zero-order valence-corrected chi connectivity index (χ0v) is 9.08. The van der Waals surface area contributed by atoms with Gasteiger partial charge in [-0.3, -0.25) is 0 Å². The van der Waals surface area contributed by atoms with E-state index in [0.29, 0.717) is 0 Å². The van der Waals surface area contributed by atoms with Crippen LogP contribution in [0.3, 0.4) is 0 Å². The number of hydrogen-bond acceptors (Lipinski definition) is 2. The number of nitrogens with two attached hydrogens (primary N) is 1. The number of rotatable bonds is 3. The number of alkyl halides is 3. The van der Waals surface area contributed by atoms with E-state index >= 15 is 0 Å². The van der Waals surface area contributed by atoms with Gasteiger partial charge in [-0.1, -0.05) is 12.1 Å². The molecule has 0 spiro atoms. The van der Waals surface area contributed by atoms with E-state index in [1.165, 1.54) is 18.2 Å². The van der Waals surface area contributed by atoms with E-state index in [4.69, 9.17) is 10.5 Å². The van der Waals surface area contributed by atoms with Crippen molar-refractivity contribution < 1.29 is 17.9 Å². The van der Waals surface area contributed by atoms with Gasteiger partial charge in [-0.2, -0.15) is 13.2 Å². The summed E-state index contributed by atoms with van der Waals surface area (Å²) < 4.78 is 43.0. The third kappa shape index (κ3) is 3.13. The van der Waals surface area contributed by atoms with Crippen molar-refractivity contribution in [3.05, 3.63) is 29.8 Å². The molecule has 0 aliphatic carbocycles. The Morgan fingerprint density at radius 1 is 1.19 bits per heavy atom. The molecule has 1 rings (SSSR count). The number of hydrogen-bond donors (Lipinski definition) is 1. The van der Waals surface area contributed by atoms with Gasteiger partial charge in [-0.15, -0.1) is 0 Å². The third-order valence-electron chi connectivity index (χ3n) is 2.25. The normalized spacial score (nSPS) is 15.6. The lowest BCUT2D eigenvalue weighted by molar-refractivity contribution is -0.139. The van der Waals surface area contributed by atoms with Crippen LogP contribution in [0.2, 0.25) is 0 Å². The molecule has 90 valence electrons. The molecular formula is C11H14F3NO. The molecule has 0 bridgehead atoms. The minimum Gasteiger partial charge on any atom is -0.488 e. The molecule has 0 aliphatic rings. The van der Waals surface area contributed by atoms with Crippen molar-refractivity contribution in [2.45, 2.75) is 32.2 Å². The van der Waals surface area contributed by atoms with Crippen LogP contribution in [0.5, 0.6) is 5.75 Å². The van der Waals surface area contributed by atoms with Gasteiger partial charge in [0.1, 0.15) is 11.9 Å². The molecule has 0 amide bonds. The Bertz CT molecular complexity index is 349. The Morgan fingerprint density at radius 2 is 1.75 bits per heavy atom. The number of halogens is 3. The summed E-state index contributed by atoms with van der Waals surface area (Å²) in [6, 6.07) is 4.77. The molecule has 16 heavy (non-hydrogen) atoms. The van der Waals surface area contributed by atoms with Crippen LogP contribution in [0.4, 0.5) is 13.2 Å². The summed E-state index contributed by atoms with van der Waals surface area (Å²) in [6.45, 7) is 3.32. The van der Waals surface area contributed by atoms with Gasteiger partial charge in [0.15, 0.2) is 0 Å². The van der Waals surface area contributed by atoms with E-state index in [-0.39, 0.29) is 11.8 Å². The van der Waals surface area contributed by atoms with E-state index in [0.717, 1.165) is 6.07 Å². The van der Waals surface area contributed by atoms with Crippen molar-refractivity contribution in [1.82, 2.24) is 0 Å². The van der Waals surface area contributed by atoms with E-state index in [2.05, 4.69) is 0 Å². The Hall–Kier alpha value is -1.23. The van der Waals surface area contributed by atoms with Gasteiger partial charge in [0, 0.05) is 6.04 Å². The van der Waals surface area contributed by atoms with Gasteiger partial charge >= 0.3 is 6.18 Å². The van der Waals surface area contributed by atoms with Crippen LogP contribution in [0.15, 0.2) is 24.3 Å². The van der Waals surface area contributed by atoms with Crippen LogP contribution in [0.1, 0.15) is 19.4 Å². The van der Waals surface area contributed by atoms with Gasteiger partial charge in [-0.05, 0) is 26.0 Å². The van der Waals surface area contributed by atoms with Crippen LogP contribution >= 0.6 is 0 Å². The molecule has 0 fully saturated rings. The maximum atomic E-state index is 12.6. The number of benzene rings is 1. The highest BCUT2D eigenvalue weighted by Gasteiger charge is 2.34. The Morgan fingerprint density at radius 3 is 2.25 bits per heavy atom. The number of ether oxygens (including phenoxy) is 1. The molecule has 0 aliphatic heterocycles. The number of para-hydroxylation sites is 1. The lowest BCUT2D eigenvalue weighted by Crippen LogP contribution is -2.34. The zero-order valence-electron chi connectivity index (χ0n) is 9.08. The summed E-state index contributed by atoms with van der Waals surface area (Å²) in [5.41, 5.74) is 4.76. The summed E-state index contributed by atoms with van der Waals surface area (Å²) in [4.78, 5) is 0. The fraction of sp³-hybridized carbons (Fsp3) is 0.455. The first-order chi connectivity index (χ1) is 7.32. The minimum absolute atomic E-state index is 0.181. The average Bonchev–Trinajstić information content (AvgIpc) is 2.16. The van der Waals surface area contributed by atoms with Gasteiger partial charge in [0.25, 0.3) is 0 Å². The molecule has 5 heteroatoms. The maximum absolute atomic E-state index is 12.6. The highest BCUT2D eigenvalue weighted by atomic mass is 19.4. The minimum atomic E-state index is -4.41. The van der Waals surface area contributed by atoms with Crippen LogP contribution in [0.25, 0.3) is 0 Å². The molecule has 2 N–H and O–H groups in total. The topological polar surface area (TPSA) is 35.2 Å². The predicted molar refractivity (Wildman–Crippen MR) is 55.2 cm³/mol. The van der Waals surface area contributed by atoms with Crippen molar-refractivity contribution in [3.63, 3.8) is 0 Å². The van der Waals surface area contributed by atoms with E-state index in [1.807, 2.05) is 0 Å². The lowest BCUT2D eigenvalue weighted by atomic mass is 10.2. The Kier molecular flexibility index (Phi) is 3.80. The van der Waals surface area contributed by atoms with Crippen molar-refractivity contribution in [3.8, 4) is 5.75 Å². The average molecular weight is 233 g/mol. The van der Waals surface area contributed by atoms with Crippen LogP contribution in [-0.2, 0) is 6.18 Å². The predicted octanol–water partition coefficient (Wildman–Crippen LogP) is 2.82. The molecular weight excluding hydrogens is 219 g/mol. The molecule has 2 unspecified atom stereocenters. The van der Waals surface area contributed by atoms with Gasteiger partial charge in [0.05, 0.1) is 5.56 Å². The summed E-state index contributed by atoms with van der Waals surface area (Å²) >= 11 is 0. The SMILES string of the molecule is CC(N)C(C)Oc1ccccc1C(F)(F)F. The second-order valence-electron chi connectivity index (χ2n) is 3.68. The second kappa shape index (κ2) is 4.74. The summed E-state index contributed by atoms with van der Waals surface area (Å²) in [5.74, 6) is -0.181. The molecule has 0 radical (unpaired) electrons. The molecule has 0 heterocycles. The molecule has 0 aromatic heterocycles. The van der Waals surface area contributed by atoms with E-state index in [9.17, 15) is 13.2 Å². The molecule has 1 aromatic rings. The van der Waals surface area contributed by atoms with Gasteiger partial charge in [0.2, 0.25) is 0 Å². The van der Waals surface area contributed by atoms with Crippen LogP contribution in [0, 0.1) is 0 Å². The lowest BCUT2D eigenvalue weighted by Gasteiger charge is -2.20. The summed E-state index contributed by atoms with van der Waals surface area (Å²) in [7, 11) is 0. The maximum Gasteiger partial charge on any atom is 0.419 e. The third-order valence-corrected chi connectivity index (χ3v) is 2.25. The molecule has 2 atom stereocenters. The van der Waals surface area contributed by atoms with Gasteiger partial charge in [-0.25, -0.2) is 0 Å². The molecule has 0 saturated carbocycles. The first kappa shape index (κ1) is 12.8. The standard InChI is InChI=1S/C11H14F3NO/c1-7(15)8(2)16-10-6-4-3-5-9(10)11(12,13)14/h3-8H,15H2,1-2H3. The second-order valence-corrected chi connectivity index (χ2v) is 3.68. The van der Waals surface area contributed by atoms with E-state index in [1.54, 1.807) is 13.8 Å². The van der Waals surface area contributed by atoms with Crippen molar-refractivity contribution in [1.29, 1.82) is 0 Å². The summed E-state index contributed by atoms with van der Waals surface area (Å²) in [6.07, 6.45) is -4.88. The fourth-order valence-corrected chi connectivity index (χ4v) is 1.11. The molecule has 0 saturated heterocycles. The van der Waals surface area contributed by atoms with Crippen LogP contribution < -0.4 is 10.5 Å². The zero-order chi connectivity index (χ0) is 12.3. The first-order valence-corrected chi connectivity index (χ1v) is 4.91. The smallest absolute Gasteiger partial charge is 0.419 e. The van der Waals surface area contributed by atoms with Crippen molar-refractivity contribution in [2.24, 2.45) is 5.73 Å². The summed E-state index contributed by atoms with van der Waals surface area (Å²) in [5, 5.41) is 0. The quantitative estimate of drug-likeness (QED) is 0.871. The van der Waals surface area contributed by atoms with Crippen LogP contribution in [-0.4, -0.2) is 12.1 Å². The molecule has 1 aromatic carbocycles. The van der Waals surface area contributed by atoms with E-state index < -0.39 is 17.8 Å². The highest BCUT2D eigenvalue weighted by molar-refractivity contribution is 5.35. The largest absolute Gasteiger partial charge is 0.488 e. The first-order valence-electron chi connectivity index (χ1n) is 4.91. The fourth-order valence-electron chi connectivity index (χ4n) is 1.11. The Labute approximate surface area is 92.2 Å².